The molecular formula is C13H12N2O4. The summed E-state index contributed by atoms with van der Waals surface area (Å²) in [6.07, 6.45) is 3.96. The second-order valence-corrected chi connectivity index (χ2v) is 3.81. The fourth-order valence-electron chi connectivity index (χ4n) is 1.38. The molecule has 0 amide bonds. The molecule has 0 fully saturated rings. The Morgan fingerprint density at radius 1 is 1.53 bits per heavy atom. The average molecular weight is 260 g/mol. The molecule has 1 N–H and O–H groups in total. The second-order valence-electron chi connectivity index (χ2n) is 3.81. The Hall–Kier alpha value is -2.63. The van der Waals surface area contributed by atoms with Crippen molar-refractivity contribution in [1.82, 2.24) is 10.1 Å². The van der Waals surface area contributed by atoms with Gasteiger partial charge in [-0.1, -0.05) is 5.16 Å². The van der Waals surface area contributed by atoms with Gasteiger partial charge in [-0.15, -0.1) is 0 Å². The van der Waals surface area contributed by atoms with Crippen LogP contribution in [-0.4, -0.2) is 21.2 Å². The van der Waals surface area contributed by atoms with Crippen LogP contribution in [0.25, 0.3) is 6.08 Å². The Morgan fingerprint density at radius 3 is 2.95 bits per heavy atom. The number of carbonyl (C=O) groups is 1. The third kappa shape index (κ3) is 3.95. The van der Waals surface area contributed by atoms with E-state index in [2.05, 4.69) is 10.1 Å². The largest absolute Gasteiger partial charge is 0.486 e. The van der Waals surface area contributed by atoms with Gasteiger partial charge < -0.3 is 14.4 Å². The summed E-state index contributed by atoms with van der Waals surface area (Å²) in [5.74, 6) is 0.294. The molecule has 6 nitrogen and oxygen atoms in total. The molecule has 6 heteroatoms. The van der Waals surface area contributed by atoms with E-state index in [0.29, 0.717) is 23.7 Å². The first-order chi connectivity index (χ1) is 9.13. The first kappa shape index (κ1) is 12.8. The number of carboxylic acid groups (broad SMARTS) is 1. The Balaban J connectivity index is 1.93. The topological polar surface area (TPSA) is 85.5 Å². The van der Waals surface area contributed by atoms with Gasteiger partial charge in [0.05, 0.1) is 11.9 Å². The number of nitrogens with zero attached hydrogens (tertiary/aromatic N) is 2. The molecule has 0 aromatic carbocycles. The van der Waals surface area contributed by atoms with Gasteiger partial charge in [-0.25, -0.2) is 4.79 Å². The van der Waals surface area contributed by atoms with Gasteiger partial charge in [-0.2, -0.15) is 0 Å². The summed E-state index contributed by atoms with van der Waals surface area (Å²) in [4.78, 5) is 14.4. The van der Waals surface area contributed by atoms with Crippen molar-refractivity contribution in [3.63, 3.8) is 0 Å². The van der Waals surface area contributed by atoms with Gasteiger partial charge in [-0.05, 0) is 25.1 Å². The summed E-state index contributed by atoms with van der Waals surface area (Å²) in [7, 11) is 0. The molecule has 0 spiro atoms. The van der Waals surface area contributed by atoms with E-state index >= 15 is 0 Å². The molecular weight excluding hydrogens is 248 g/mol. The van der Waals surface area contributed by atoms with Gasteiger partial charge in [0.1, 0.15) is 23.8 Å². The standard InChI is InChI=1S/C13H12N2O4/c1-9-6-11(15-19-9)8-18-12-4-2-10(14-7-12)3-5-13(16)17/h2-7H,8H2,1H3,(H,16,17). The maximum Gasteiger partial charge on any atom is 0.328 e. The van der Waals surface area contributed by atoms with E-state index in [0.717, 1.165) is 11.8 Å². The van der Waals surface area contributed by atoms with Crippen molar-refractivity contribution in [3.05, 3.63) is 47.6 Å². The van der Waals surface area contributed by atoms with Gasteiger partial charge in [0, 0.05) is 12.1 Å². The SMILES string of the molecule is Cc1cc(COc2ccc(C=CC(=O)O)nc2)no1. The summed E-state index contributed by atoms with van der Waals surface area (Å²) in [6, 6.07) is 5.17. The van der Waals surface area contributed by atoms with Crippen molar-refractivity contribution in [3.8, 4) is 5.75 Å². The third-order valence-corrected chi connectivity index (χ3v) is 2.22. The highest BCUT2D eigenvalue weighted by atomic mass is 16.5. The molecule has 98 valence electrons. The first-order valence-electron chi connectivity index (χ1n) is 5.55. The predicted octanol–water partition coefficient (Wildman–Crippen LogP) is 2.05. The van der Waals surface area contributed by atoms with Crippen molar-refractivity contribution >= 4 is 12.0 Å². The minimum Gasteiger partial charge on any atom is -0.486 e. The lowest BCUT2D eigenvalue weighted by molar-refractivity contribution is -0.131. The minimum absolute atomic E-state index is 0.295. The van der Waals surface area contributed by atoms with Crippen LogP contribution in [0.1, 0.15) is 17.1 Å². The summed E-state index contributed by atoms with van der Waals surface area (Å²) < 4.78 is 10.4. The lowest BCUT2D eigenvalue weighted by atomic mass is 10.3. The highest BCUT2D eigenvalue weighted by Gasteiger charge is 2.01. The molecule has 2 aromatic heterocycles. The number of aliphatic carboxylic acids is 1. The Kier molecular flexibility index (Phi) is 3.92. The van der Waals surface area contributed by atoms with Crippen LogP contribution in [0.15, 0.2) is 35.0 Å². The molecule has 2 rings (SSSR count). The van der Waals surface area contributed by atoms with Gasteiger partial charge >= 0.3 is 5.97 Å². The Bertz CT molecular complexity index is 587. The van der Waals surface area contributed by atoms with Crippen LogP contribution >= 0.6 is 0 Å². The summed E-state index contributed by atoms with van der Waals surface area (Å²) in [5, 5.41) is 12.3. The molecule has 2 aromatic rings. The number of hydrogen-bond donors (Lipinski definition) is 1. The number of rotatable bonds is 5. The van der Waals surface area contributed by atoms with Crippen molar-refractivity contribution in [1.29, 1.82) is 0 Å². The van der Waals surface area contributed by atoms with Crippen LogP contribution in [0.4, 0.5) is 0 Å². The van der Waals surface area contributed by atoms with Crippen LogP contribution in [0.3, 0.4) is 0 Å². The van der Waals surface area contributed by atoms with E-state index in [1.165, 1.54) is 12.3 Å². The van der Waals surface area contributed by atoms with Crippen molar-refractivity contribution in [2.45, 2.75) is 13.5 Å². The number of carboxylic acids is 1. The maximum atomic E-state index is 10.3. The highest BCUT2D eigenvalue weighted by molar-refractivity contribution is 5.84. The monoisotopic (exact) mass is 260 g/mol. The smallest absolute Gasteiger partial charge is 0.328 e. The number of pyridine rings is 1. The lowest BCUT2D eigenvalue weighted by Gasteiger charge is -2.02. The fourth-order valence-corrected chi connectivity index (χ4v) is 1.38. The number of aryl methyl sites for hydroxylation is 1. The molecule has 0 radical (unpaired) electrons. The van der Waals surface area contributed by atoms with Crippen molar-refractivity contribution in [2.75, 3.05) is 0 Å². The molecule has 0 aliphatic carbocycles. The van der Waals surface area contributed by atoms with E-state index < -0.39 is 5.97 Å². The molecule has 0 aliphatic heterocycles. The molecule has 19 heavy (non-hydrogen) atoms. The van der Waals surface area contributed by atoms with Crippen molar-refractivity contribution in [2.24, 2.45) is 0 Å². The second kappa shape index (κ2) is 5.81. The number of aromatic nitrogens is 2. The Morgan fingerprint density at radius 2 is 2.37 bits per heavy atom. The van der Waals surface area contributed by atoms with Gasteiger partial charge in [0.2, 0.25) is 0 Å². The quantitative estimate of drug-likeness (QED) is 0.828. The van der Waals surface area contributed by atoms with Crippen molar-refractivity contribution < 1.29 is 19.2 Å². The van der Waals surface area contributed by atoms with Crippen LogP contribution < -0.4 is 4.74 Å². The molecule has 0 saturated heterocycles. The van der Waals surface area contributed by atoms with E-state index in [1.807, 2.05) is 6.92 Å². The van der Waals surface area contributed by atoms with Crippen LogP contribution in [0, 0.1) is 6.92 Å². The normalized spacial score (nSPS) is 10.8. The van der Waals surface area contributed by atoms with E-state index in [9.17, 15) is 4.79 Å². The third-order valence-electron chi connectivity index (χ3n) is 2.22. The van der Waals surface area contributed by atoms with Crippen LogP contribution in [-0.2, 0) is 11.4 Å². The van der Waals surface area contributed by atoms with Crippen LogP contribution in [0.5, 0.6) is 5.75 Å². The van der Waals surface area contributed by atoms with Gasteiger partial charge in [-0.3, -0.25) is 4.98 Å². The van der Waals surface area contributed by atoms with E-state index in [1.54, 1.807) is 18.2 Å². The van der Waals surface area contributed by atoms with E-state index in [-0.39, 0.29) is 0 Å². The lowest BCUT2D eigenvalue weighted by Crippen LogP contribution is -1.96. The fraction of sp³-hybridized carbons (Fsp3) is 0.154. The predicted molar refractivity (Wildman–Crippen MR) is 66.5 cm³/mol. The van der Waals surface area contributed by atoms with E-state index in [4.69, 9.17) is 14.4 Å². The summed E-state index contributed by atoms with van der Waals surface area (Å²) in [5.41, 5.74) is 1.25. The molecule has 0 bridgehead atoms. The summed E-state index contributed by atoms with van der Waals surface area (Å²) in [6.45, 7) is 2.10. The average Bonchev–Trinajstić information content (AvgIpc) is 2.81. The molecule has 2 heterocycles. The zero-order valence-corrected chi connectivity index (χ0v) is 10.2. The number of ether oxygens (including phenoxy) is 1. The molecule has 0 aliphatic rings. The minimum atomic E-state index is -1.01. The zero-order chi connectivity index (χ0) is 13.7. The highest BCUT2D eigenvalue weighted by Crippen LogP contribution is 2.12. The molecule has 0 saturated carbocycles. The van der Waals surface area contributed by atoms with Crippen LogP contribution in [0.2, 0.25) is 0 Å². The first-order valence-corrected chi connectivity index (χ1v) is 5.55. The Labute approximate surface area is 109 Å². The maximum absolute atomic E-state index is 10.3. The molecule has 0 atom stereocenters. The van der Waals surface area contributed by atoms with Gasteiger partial charge in [0.25, 0.3) is 0 Å². The zero-order valence-electron chi connectivity index (χ0n) is 10.2. The number of hydrogen-bond acceptors (Lipinski definition) is 5. The molecule has 0 unspecified atom stereocenters. The summed E-state index contributed by atoms with van der Waals surface area (Å²) >= 11 is 0. The van der Waals surface area contributed by atoms with Gasteiger partial charge in [0.15, 0.2) is 0 Å².